The van der Waals surface area contributed by atoms with Gasteiger partial charge in [-0.15, -0.1) is 11.3 Å². The number of likely N-dealkylation sites (N-methyl/N-ethyl adjacent to an activating group) is 1. The maximum Gasteiger partial charge on any atom is 0.276 e. The van der Waals surface area contributed by atoms with E-state index < -0.39 is 0 Å². The van der Waals surface area contributed by atoms with Crippen LogP contribution in [0.25, 0.3) is 16.0 Å². The van der Waals surface area contributed by atoms with Gasteiger partial charge in [0.05, 0.1) is 5.39 Å². The van der Waals surface area contributed by atoms with E-state index in [1.165, 1.54) is 15.8 Å². The summed E-state index contributed by atoms with van der Waals surface area (Å²) in [6.07, 6.45) is 1.08. The van der Waals surface area contributed by atoms with Crippen molar-refractivity contribution in [2.75, 3.05) is 44.2 Å². The maximum atomic E-state index is 4.82. The molecule has 2 aliphatic rings. The Morgan fingerprint density at radius 1 is 1.21 bits per heavy atom. The molecule has 0 aliphatic carbocycles. The van der Waals surface area contributed by atoms with E-state index in [0.29, 0.717) is 5.78 Å². The molecule has 9 heteroatoms. The average Bonchev–Trinajstić information content (AvgIpc) is 3.25. The van der Waals surface area contributed by atoms with Crippen LogP contribution in [0, 0.1) is 0 Å². The predicted octanol–water partition coefficient (Wildman–Crippen LogP) is 0.522. The van der Waals surface area contributed by atoms with Crippen molar-refractivity contribution in [1.29, 1.82) is 0 Å². The molecule has 3 aromatic heterocycles. The zero-order chi connectivity index (χ0) is 16.1. The van der Waals surface area contributed by atoms with Gasteiger partial charge in [0.15, 0.2) is 0 Å². The van der Waals surface area contributed by atoms with Crippen molar-refractivity contribution in [3.8, 4) is 0 Å². The Morgan fingerprint density at radius 2 is 2.08 bits per heavy atom. The summed E-state index contributed by atoms with van der Waals surface area (Å²) in [5.41, 5.74) is 1.46. The summed E-state index contributed by atoms with van der Waals surface area (Å²) in [4.78, 5) is 12.3. The first-order valence-corrected chi connectivity index (χ1v) is 9.37. The van der Waals surface area contributed by atoms with E-state index in [9.17, 15) is 0 Å². The van der Waals surface area contributed by atoms with Gasteiger partial charge in [0.25, 0.3) is 5.78 Å². The van der Waals surface area contributed by atoms with Crippen LogP contribution in [0.2, 0.25) is 0 Å². The molecular weight excluding hydrogens is 324 g/mol. The first-order chi connectivity index (χ1) is 11.8. The van der Waals surface area contributed by atoms with Gasteiger partial charge in [0.1, 0.15) is 10.6 Å². The van der Waals surface area contributed by atoms with Crippen LogP contribution in [-0.2, 0) is 13.0 Å². The van der Waals surface area contributed by atoms with E-state index in [4.69, 9.17) is 4.98 Å². The molecule has 0 amide bonds. The highest BCUT2D eigenvalue weighted by Gasteiger charge is 2.27. The zero-order valence-electron chi connectivity index (χ0n) is 13.7. The van der Waals surface area contributed by atoms with E-state index in [0.717, 1.165) is 62.9 Å². The van der Waals surface area contributed by atoms with Gasteiger partial charge in [-0.2, -0.15) is 9.50 Å². The van der Waals surface area contributed by atoms with Gasteiger partial charge < -0.3 is 10.2 Å². The Kier molecular flexibility index (Phi) is 3.39. The number of thiophene rings is 1. The normalized spacial score (nSPS) is 19.3. The molecule has 1 N–H and O–H groups in total. The number of aromatic nitrogens is 5. The molecule has 126 valence electrons. The summed E-state index contributed by atoms with van der Waals surface area (Å²) in [5, 5.41) is 16.8. The van der Waals surface area contributed by atoms with Gasteiger partial charge in [0.2, 0.25) is 0 Å². The number of hydrogen-bond acceptors (Lipinski definition) is 8. The molecule has 0 saturated carbocycles. The minimum atomic E-state index is 0.599. The van der Waals surface area contributed by atoms with Crippen molar-refractivity contribution in [3.63, 3.8) is 0 Å². The molecular formula is C15H20N8S. The average molecular weight is 344 g/mol. The van der Waals surface area contributed by atoms with Crippen molar-refractivity contribution in [3.05, 3.63) is 10.4 Å². The van der Waals surface area contributed by atoms with Crippen LogP contribution in [0.4, 0.5) is 5.82 Å². The van der Waals surface area contributed by atoms with Crippen LogP contribution in [-0.4, -0.2) is 69.2 Å². The second kappa shape index (κ2) is 5.61. The summed E-state index contributed by atoms with van der Waals surface area (Å²) >= 11 is 1.83. The second-order valence-electron chi connectivity index (χ2n) is 6.37. The zero-order valence-corrected chi connectivity index (χ0v) is 14.5. The van der Waals surface area contributed by atoms with Gasteiger partial charge in [0, 0.05) is 44.1 Å². The molecule has 3 aromatic rings. The smallest absolute Gasteiger partial charge is 0.276 e. The molecule has 0 unspecified atom stereocenters. The minimum Gasteiger partial charge on any atom is -0.353 e. The molecule has 0 spiro atoms. The highest BCUT2D eigenvalue weighted by Crippen LogP contribution is 2.39. The fourth-order valence-electron chi connectivity index (χ4n) is 3.73. The number of nitrogens with zero attached hydrogens (tertiary/aromatic N) is 7. The minimum absolute atomic E-state index is 0.599. The first kappa shape index (κ1) is 14.5. The van der Waals surface area contributed by atoms with Crippen molar-refractivity contribution in [2.45, 2.75) is 19.9 Å². The molecule has 1 saturated heterocycles. The summed E-state index contributed by atoms with van der Waals surface area (Å²) in [6.45, 7) is 9.41. The predicted molar refractivity (Wildman–Crippen MR) is 93.7 cm³/mol. The number of hydrogen-bond donors (Lipinski definition) is 1. The largest absolute Gasteiger partial charge is 0.353 e. The van der Waals surface area contributed by atoms with E-state index in [1.807, 2.05) is 11.3 Å². The van der Waals surface area contributed by atoms with Gasteiger partial charge in [-0.1, -0.05) is 12.0 Å². The van der Waals surface area contributed by atoms with Gasteiger partial charge in [-0.05, 0) is 29.0 Å². The molecule has 24 heavy (non-hydrogen) atoms. The number of nitrogens with one attached hydrogen (secondary N) is 1. The highest BCUT2D eigenvalue weighted by atomic mass is 32.1. The number of tetrazole rings is 1. The number of piperazine rings is 1. The molecule has 0 atom stereocenters. The molecule has 0 aromatic carbocycles. The topological polar surface area (TPSA) is 74.5 Å². The van der Waals surface area contributed by atoms with Gasteiger partial charge in [-0.3, -0.25) is 4.90 Å². The summed E-state index contributed by atoms with van der Waals surface area (Å²) in [6, 6.07) is 0. The molecule has 2 aliphatic heterocycles. The lowest BCUT2D eigenvalue weighted by Crippen LogP contribution is -2.44. The Balaban J connectivity index is 1.75. The van der Waals surface area contributed by atoms with Crippen LogP contribution in [0.1, 0.15) is 17.4 Å². The van der Waals surface area contributed by atoms with E-state index in [-0.39, 0.29) is 0 Å². The standard InChI is InChI=1S/C15H20N8S/c1-2-21-6-3-10-11(9-21)24-14-12(10)13(22-7-4-16-5-8-22)17-15-18-19-20-23(14)15/h16H,2-9H2,1H3. The fourth-order valence-corrected chi connectivity index (χ4v) is 5.06. The maximum absolute atomic E-state index is 4.82. The molecule has 0 radical (unpaired) electrons. The molecule has 8 nitrogen and oxygen atoms in total. The Bertz CT molecular complexity index is 894. The van der Waals surface area contributed by atoms with E-state index in [2.05, 4.69) is 37.6 Å². The lowest BCUT2D eigenvalue weighted by Gasteiger charge is -2.30. The van der Waals surface area contributed by atoms with Crippen molar-refractivity contribution in [2.24, 2.45) is 0 Å². The highest BCUT2D eigenvalue weighted by molar-refractivity contribution is 7.19. The fraction of sp³-hybridized carbons (Fsp3) is 0.600. The van der Waals surface area contributed by atoms with Gasteiger partial charge in [-0.25, -0.2) is 0 Å². The quantitative estimate of drug-likeness (QED) is 0.726. The third kappa shape index (κ3) is 2.11. The lowest BCUT2D eigenvalue weighted by atomic mass is 10.0. The van der Waals surface area contributed by atoms with Crippen LogP contribution in [0.5, 0.6) is 0 Å². The lowest BCUT2D eigenvalue weighted by molar-refractivity contribution is 0.272. The number of anilines is 1. The number of rotatable bonds is 2. The molecule has 5 heterocycles. The second-order valence-corrected chi connectivity index (χ2v) is 7.45. The third-order valence-corrected chi connectivity index (χ3v) is 6.25. The summed E-state index contributed by atoms with van der Waals surface area (Å²) in [7, 11) is 0. The van der Waals surface area contributed by atoms with E-state index in [1.54, 1.807) is 4.52 Å². The molecule has 1 fully saturated rings. The Morgan fingerprint density at radius 3 is 2.92 bits per heavy atom. The van der Waals surface area contributed by atoms with Crippen LogP contribution in [0.15, 0.2) is 0 Å². The molecule has 0 bridgehead atoms. The summed E-state index contributed by atoms with van der Waals surface area (Å²) in [5.74, 6) is 1.67. The SMILES string of the molecule is CCN1CCc2c(sc3c2c(N2CCNCC2)nc2nnnn23)C1. The van der Waals surface area contributed by atoms with Crippen LogP contribution in [0.3, 0.4) is 0 Å². The van der Waals surface area contributed by atoms with Crippen molar-refractivity contribution < 1.29 is 0 Å². The molecule has 5 rings (SSSR count). The van der Waals surface area contributed by atoms with Crippen LogP contribution >= 0.6 is 11.3 Å². The van der Waals surface area contributed by atoms with Gasteiger partial charge >= 0.3 is 0 Å². The van der Waals surface area contributed by atoms with Crippen molar-refractivity contribution in [1.82, 2.24) is 35.2 Å². The van der Waals surface area contributed by atoms with Crippen LogP contribution < -0.4 is 10.2 Å². The van der Waals surface area contributed by atoms with E-state index >= 15 is 0 Å². The van der Waals surface area contributed by atoms with Crippen molar-refractivity contribution >= 4 is 33.1 Å². The monoisotopic (exact) mass is 344 g/mol. The Labute approximate surface area is 143 Å². The first-order valence-electron chi connectivity index (χ1n) is 8.55. The Hall–Kier alpha value is -1.84. The number of fused-ring (bicyclic) bond motifs is 5. The summed E-state index contributed by atoms with van der Waals surface area (Å²) < 4.78 is 1.81. The third-order valence-electron chi connectivity index (χ3n) is 5.06.